The van der Waals surface area contributed by atoms with Crippen LogP contribution in [-0.4, -0.2) is 26.7 Å². The average molecular weight is 319 g/mol. The maximum atomic E-state index is 12.8. The third-order valence-corrected chi connectivity index (χ3v) is 3.13. The first kappa shape index (κ1) is 16.6. The fourth-order valence-corrected chi connectivity index (χ4v) is 1.97. The first-order valence-corrected chi connectivity index (χ1v) is 6.99. The van der Waals surface area contributed by atoms with Crippen molar-refractivity contribution >= 4 is 5.91 Å². The van der Waals surface area contributed by atoms with Crippen molar-refractivity contribution in [2.75, 3.05) is 20.8 Å². The number of carbonyl (C=O) groups is 1. The minimum atomic E-state index is -0.312. The van der Waals surface area contributed by atoms with Crippen LogP contribution in [0.4, 0.5) is 4.39 Å². The summed E-state index contributed by atoms with van der Waals surface area (Å²) in [4.78, 5) is 11.8. The Kier molecular flexibility index (Phi) is 5.80. The van der Waals surface area contributed by atoms with Crippen LogP contribution in [0.15, 0.2) is 42.5 Å². The highest BCUT2D eigenvalue weighted by Gasteiger charge is 2.12. The SMILES string of the molecule is COc1cccc(OCC(=O)NCc2ccc(F)cc2)c1OC. The fraction of sp³-hybridized carbons (Fsp3) is 0.235. The molecule has 23 heavy (non-hydrogen) atoms. The van der Waals surface area contributed by atoms with Crippen molar-refractivity contribution in [2.45, 2.75) is 6.54 Å². The molecule has 0 saturated heterocycles. The van der Waals surface area contributed by atoms with Gasteiger partial charge in [-0.05, 0) is 29.8 Å². The van der Waals surface area contributed by atoms with Crippen molar-refractivity contribution in [1.29, 1.82) is 0 Å². The number of hydrogen-bond donors (Lipinski definition) is 1. The van der Waals surface area contributed by atoms with Crippen LogP contribution >= 0.6 is 0 Å². The zero-order valence-corrected chi connectivity index (χ0v) is 13.0. The van der Waals surface area contributed by atoms with Crippen molar-refractivity contribution in [3.63, 3.8) is 0 Å². The molecule has 0 bridgehead atoms. The molecule has 0 spiro atoms. The fourth-order valence-electron chi connectivity index (χ4n) is 1.97. The van der Waals surface area contributed by atoms with Crippen LogP contribution in [0.25, 0.3) is 0 Å². The molecule has 1 amide bonds. The molecule has 0 saturated carbocycles. The molecular weight excluding hydrogens is 301 g/mol. The maximum Gasteiger partial charge on any atom is 0.258 e. The van der Waals surface area contributed by atoms with Gasteiger partial charge in [-0.1, -0.05) is 18.2 Å². The quantitative estimate of drug-likeness (QED) is 0.852. The molecule has 5 nitrogen and oxygen atoms in total. The van der Waals surface area contributed by atoms with E-state index in [0.717, 1.165) is 5.56 Å². The van der Waals surface area contributed by atoms with Gasteiger partial charge in [0, 0.05) is 6.54 Å². The van der Waals surface area contributed by atoms with Crippen LogP contribution in [0.2, 0.25) is 0 Å². The van der Waals surface area contributed by atoms with E-state index in [9.17, 15) is 9.18 Å². The largest absolute Gasteiger partial charge is 0.493 e. The third kappa shape index (κ3) is 4.60. The van der Waals surface area contributed by atoms with Crippen LogP contribution in [0.3, 0.4) is 0 Å². The van der Waals surface area contributed by atoms with Gasteiger partial charge in [0.1, 0.15) is 5.82 Å². The van der Waals surface area contributed by atoms with Crippen LogP contribution in [0.1, 0.15) is 5.56 Å². The Morgan fingerprint density at radius 2 is 1.74 bits per heavy atom. The number of amides is 1. The van der Waals surface area contributed by atoms with E-state index >= 15 is 0 Å². The molecule has 6 heteroatoms. The molecule has 0 unspecified atom stereocenters. The summed E-state index contributed by atoms with van der Waals surface area (Å²) in [6.07, 6.45) is 0. The van der Waals surface area contributed by atoms with Crippen LogP contribution in [0, 0.1) is 5.82 Å². The van der Waals surface area contributed by atoms with Gasteiger partial charge >= 0.3 is 0 Å². The van der Waals surface area contributed by atoms with Crippen molar-refractivity contribution in [3.8, 4) is 17.2 Å². The number of methoxy groups -OCH3 is 2. The van der Waals surface area contributed by atoms with E-state index in [4.69, 9.17) is 14.2 Å². The highest BCUT2D eigenvalue weighted by atomic mass is 19.1. The second kappa shape index (κ2) is 8.03. The zero-order valence-electron chi connectivity index (χ0n) is 13.0. The molecule has 0 aliphatic rings. The van der Waals surface area contributed by atoms with Gasteiger partial charge in [0.15, 0.2) is 18.1 Å². The van der Waals surface area contributed by atoms with Gasteiger partial charge in [-0.3, -0.25) is 4.79 Å². The van der Waals surface area contributed by atoms with E-state index in [1.807, 2.05) is 0 Å². The number of hydrogen-bond acceptors (Lipinski definition) is 4. The second-order valence-electron chi connectivity index (χ2n) is 4.68. The molecule has 1 N–H and O–H groups in total. The third-order valence-electron chi connectivity index (χ3n) is 3.13. The van der Waals surface area contributed by atoms with E-state index in [2.05, 4.69) is 5.32 Å². The molecule has 2 aromatic carbocycles. The van der Waals surface area contributed by atoms with E-state index in [0.29, 0.717) is 23.8 Å². The predicted octanol–water partition coefficient (Wildman–Crippen LogP) is 2.54. The Morgan fingerprint density at radius 3 is 2.39 bits per heavy atom. The second-order valence-corrected chi connectivity index (χ2v) is 4.68. The minimum Gasteiger partial charge on any atom is -0.493 e. The number of halogens is 1. The van der Waals surface area contributed by atoms with Crippen molar-refractivity contribution < 1.29 is 23.4 Å². The number of nitrogens with one attached hydrogen (secondary N) is 1. The van der Waals surface area contributed by atoms with Crippen LogP contribution < -0.4 is 19.5 Å². The Morgan fingerprint density at radius 1 is 1.04 bits per heavy atom. The van der Waals surface area contributed by atoms with Crippen molar-refractivity contribution in [3.05, 3.63) is 53.8 Å². The lowest BCUT2D eigenvalue weighted by atomic mass is 10.2. The first-order chi connectivity index (χ1) is 11.1. The minimum absolute atomic E-state index is 0.162. The number of benzene rings is 2. The van der Waals surface area contributed by atoms with Gasteiger partial charge in [-0.25, -0.2) is 4.39 Å². The summed E-state index contributed by atoms with van der Waals surface area (Å²) in [5, 5.41) is 2.70. The van der Waals surface area contributed by atoms with E-state index < -0.39 is 0 Å². The van der Waals surface area contributed by atoms with Gasteiger partial charge < -0.3 is 19.5 Å². The average Bonchev–Trinajstić information content (AvgIpc) is 2.58. The standard InChI is InChI=1S/C17H18FNO4/c1-21-14-4-3-5-15(17(14)22-2)23-11-16(20)19-10-12-6-8-13(18)9-7-12/h3-9H,10-11H2,1-2H3,(H,19,20). The van der Waals surface area contributed by atoms with Crippen LogP contribution in [0.5, 0.6) is 17.2 Å². The summed E-state index contributed by atoms with van der Waals surface area (Å²) < 4.78 is 28.6. The molecule has 0 aromatic heterocycles. The zero-order chi connectivity index (χ0) is 16.7. The number of carbonyl (C=O) groups excluding carboxylic acids is 1. The Balaban J connectivity index is 1.88. The lowest BCUT2D eigenvalue weighted by Gasteiger charge is -2.13. The summed E-state index contributed by atoms with van der Waals surface area (Å²) in [6, 6.07) is 11.1. The van der Waals surface area contributed by atoms with E-state index in [1.165, 1.54) is 26.4 Å². The van der Waals surface area contributed by atoms with Gasteiger partial charge in [0.05, 0.1) is 14.2 Å². The van der Waals surface area contributed by atoms with Gasteiger partial charge in [0.25, 0.3) is 5.91 Å². The highest BCUT2D eigenvalue weighted by Crippen LogP contribution is 2.36. The molecule has 0 atom stereocenters. The Hall–Kier alpha value is -2.76. The lowest BCUT2D eigenvalue weighted by molar-refractivity contribution is -0.123. The topological polar surface area (TPSA) is 56.8 Å². The van der Waals surface area contributed by atoms with Gasteiger partial charge in [-0.2, -0.15) is 0 Å². The summed E-state index contributed by atoms with van der Waals surface area (Å²) >= 11 is 0. The maximum absolute atomic E-state index is 12.8. The summed E-state index contributed by atoms with van der Waals surface area (Å²) in [5.74, 6) is 0.773. The smallest absolute Gasteiger partial charge is 0.258 e. The summed E-state index contributed by atoms with van der Waals surface area (Å²) in [7, 11) is 3.02. The Bertz CT molecular complexity index is 658. The first-order valence-electron chi connectivity index (χ1n) is 6.99. The van der Waals surface area contributed by atoms with Crippen molar-refractivity contribution in [2.24, 2.45) is 0 Å². The monoisotopic (exact) mass is 319 g/mol. The molecule has 0 aliphatic carbocycles. The molecule has 2 aromatic rings. The van der Waals surface area contributed by atoms with Crippen molar-refractivity contribution in [1.82, 2.24) is 5.32 Å². The number of para-hydroxylation sites is 1. The van der Waals surface area contributed by atoms with Gasteiger partial charge in [-0.15, -0.1) is 0 Å². The van der Waals surface area contributed by atoms with E-state index in [-0.39, 0.29) is 18.3 Å². The predicted molar refractivity (Wildman–Crippen MR) is 83.3 cm³/mol. The highest BCUT2D eigenvalue weighted by molar-refractivity contribution is 5.77. The lowest BCUT2D eigenvalue weighted by Crippen LogP contribution is -2.28. The van der Waals surface area contributed by atoms with E-state index in [1.54, 1.807) is 30.3 Å². The molecular formula is C17H18FNO4. The molecule has 0 heterocycles. The van der Waals surface area contributed by atoms with Gasteiger partial charge in [0.2, 0.25) is 5.75 Å². The Labute approximate surface area is 134 Å². The molecule has 0 radical (unpaired) electrons. The van der Waals surface area contributed by atoms with Crippen LogP contribution in [-0.2, 0) is 11.3 Å². The normalized spacial score (nSPS) is 10.0. The molecule has 0 fully saturated rings. The summed E-state index contributed by atoms with van der Waals surface area (Å²) in [6.45, 7) is 0.141. The summed E-state index contributed by atoms with van der Waals surface area (Å²) in [5.41, 5.74) is 0.804. The molecule has 0 aliphatic heterocycles. The molecule has 2 rings (SSSR count). The number of ether oxygens (including phenoxy) is 3. The molecule has 122 valence electrons. The number of rotatable bonds is 7.